The topological polar surface area (TPSA) is 105 Å². The Hall–Kier alpha value is -3.28. The van der Waals surface area contributed by atoms with Crippen molar-refractivity contribution in [1.29, 1.82) is 5.26 Å². The number of carbonyl (C=O) groups is 2. The number of nitrogens with one attached hydrogen (secondary N) is 1. The van der Waals surface area contributed by atoms with E-state index in [9.17, 15) is 9.59 Å². The molecule has 8 nitrogen and oxygen atoms in total. The summed E-state index contributed by atoms with van der Waals surface area (Å²) in [6.45, 7) is 2.20. The van der Waals surface area contributed by atoms with E-state index in [1.54, 1.807) is 47.4 Å². The fourth-order valence-electron chi connectivity index (χ4n) is 3.54. The van der Waals surface area contributed by atoms with Crippen LogP contribution < -0.4 is 5.32 Å². The maximum absolute atomic E-state index is 12.8. The molecule has 0 unspecified atom stereocenters. The minimum absolute atomic E-state index is 0.133. The summed E-state index contributed by atoms with van der Waals surface area (Å²) in [6, 6.07) is 13.4. The van der Waals surface area contributed by atoms with Crippen molar-refractivity contribution in [3.63, 3.8) is 0 Å². The first-order chi connectivity index (χ1) is 14.1. The van der Waals surface area contributed by atoms with Crippen molar-refractivity contribution in [2.75, 3.05) is 31.6 Å². The molecule has 2 saturated heterocycles. The van der Waals surface area contributed by atoms with Gasteiger partial charge in [0.05, 0.1) is 24.8 Å². The van der Waals surface area contributed by atoms with Crippen LogP contribution in [0.4, 0.5) is 5.69 Å². The molecule has 0 bridgehead atoms. The van der Waals surface area contributed by atoms with E-state index in [4.69, 9.17) is 14.7 Å². The van der Waals surface area contributed by atoms with E-state index >= 15 is 0 Å². The van der Waals surface area contributed by atoms with Crippen LogP contribution in [0.15, 0.2) is 42.5 Å². The van der Waals surface area contributed by atoms with Gasteiger partial charge in [-0.15, -0.1) is 0 Å². The monoisotopic (exact) mass is 392 g/mol. The number of hydrogen-bond donors (Lipinski definition) is 1. The van der Waals surface area contributed by atoms with E-state index in [2.05, 4.69) is 10.3 Å². The summed E-state index contributed by atoms with van der Waals surface area (Å²) in [4.78, 5) is 31.3. The van der Waals surface area contributed by atoms with E-state index in [1.165, 1.54) is 0 Å². The second-order valence-corrected chi connectivity index (χ2v) is 6.95. The summed E-state index contributed by atoms with van der Waals surface area (Å²) >= 11 is 0. The average molecular weight is 392 g/mol. The van der Waals surface area contributed by atoms with E-state index in [-0.39, 0.29) is 17.3 Å². The first-order valence-corrected chi connectivity index (χ1v) is 9.44. The molecular formula is C21H20N4O4. The smallest absolute Gasteiger partial charge is 0.274 e. The van der Waals surface area contributed by atoms with Crippen LogP contribution in [0.25, 0.3) is 0 Å². The minimum atomic E-state index is -0.552. The molecule has 8 heteroatoms. The van der Waals surface area contributed by atoms with Crippen LogP contribution in [0.2, 0.25) is 0 Å². The van der Waals surface area contributed by atoms with Gasteiger partial charge in [-0.1, -0.05) is 12.1 Å². The Morgan fingerprint density at radius 2 is 1.76 bits per heavy atom. The second-order valence-electron chi connectivity index (χ2n) is 6.95. The minimum Gasteiger partial charge on any atom is -0.347 e. The van der Waals surface area contributed by atoms with Crippen molar-refractivity contribution >= 4 is 17.5 Å². The van der Waals surface area contributed by atoms with Crippen molar-refractivity contribution in [2.45, 2.75) is 18.6 Å². The lowest BCUT2D eigenvalue weighted by Crippen LogP contribution is -2.47. The molecule has 4 rings (SSSR count). The summed E-state index contributed by atoms with van der Waals surface area (Å²) in [6.07, 6.45) is 1.24. The number of hydrogen-bond acceptors (Lipinski definition) is 6. The first-order valence-electron chi connectivity index (χ1n) is 9.44. The Bertz CT molecular complexity index is 969. The summed E-state index contributed by atoms with van der Waals surface area (Å²) in [5, 5.41) is 11.7. The number of anilines is 1. The number of piperidine rings is 1. The van der Waals surface area contributed by atoms with Crippen LogP contribution >= 0.6 is 0 Å². The van der Waals surface area contributed by atoms with Crippen molar-refractivity contribution in [3.8, 4) is 6.07 Å². The van der Waals surface area contributed by atoms with Gasteiger partial charge in [-0.25, -0.2) is 4.98 Å². The fourth-order valence-corrected chi connectivity index (χ4v) is 3.54. The molecule has 0 radical (unpaired) electrons. The number of carbonyl (C=O) groups excluding carboxylic acids is 2. The molecule has 0 saturated carbocycles. The van der Waals surface area contributed by atoms with Gasteiger partial charge in [0.2, 0.25) is 0 Å². The third-order valence-corrected chi connectivity index (χ3v) is 5.08. The molecule has 29 heavy (non-hydrogen) atoms. The molecule has 1 aromatic carbocycles. The molecule has 0 atom stereocenters. The Morgan fingerprint density at radius 3 is 2.48 bits per heavy atom. The number of aromatic nitrogens is 1. The van der Waals surface area contributed by atoms with Gasteiger partial charge in [0.15, 0.2) is 5.79 Å². The SMILES string of the molecule is N#Cc1cccc(NC(=O)c2cccc(C(=O)N3CCC4(CC3)OCCO4)n2)c1. The van der Waals surface area contributed by atoms with E-state index in [0.29, 0.717) is 50.4 Å². The highest BCUT2D eigenvalue weighted by atomic mass is 16.7. The number of likely N-dealkylation sites (tertiary alicyclic amines) is 1. The third kappa shape index (κ3) is 4.11. The maximum Gasteiger partial charge on any atom is 0.274 e. The van der Waals surface area contributed by atoms with Crippen molar-refractivity contribution in [1.82, 2.24) is 9.88 Å². The van der Waals surface area contributed by atoms with Crippen LogP contribution in [0, 0.1) is 11.3 Å². The average Bonchev–Trinajstić information content (AvgIpc) is 3.22. The normalized spacial score (nSPS) is 17.7. The fraction of sp³-hybridized carbons (Fsp3) is 0.333. The Balaban J connectivity index is 1.43. The molecule has 2 amide bonds. The number of amides is 2. The van der Waals surface area contributed by atoms with Gasteiger partial charge >= 0.3 is 0 Å². The van der Waals surface area contributed by atoms with Crippen LogP contribution in [-0.2, 0) is 9.47 Å². The predicted octanol–water partition coefficient (Wildman–Crippen LogP) is 2.18. The second kappa shape index (κ2) is 7.99. The standard InChI is InChI=1S/C21H20N4O4/c22-14-15-3-1-4-16(13-15)23-19(26)17-5-2-6-18(24-17)20(27)25-9-7-21(8-10-25)28-11-12-29-21/h1-6,13H,7-12H2,(H,23,26). The van der Waals surface area contributed by atoms with Gasteiger partial charge in [-0.05, 0) is 30.3 Å². The first kappa shape index (κ1) is 19.1. The lowest BCUT2D eigenvalue weighted by molar-refractivity contribution is -0.181. The molecule has 2 fully saturated rings. The number of ether oxygens (including phenoxy) is 2. The lowest BCUT2D eigenvalue weighted by atomic mass is 10.0. The van der Waals surface area contributed by atoms with Crippen LogP contribution in [-0.4, -0.2) is 53.8 Å². The number of rotatable bonds is 3. The van der Waals surface area contributed by atoms with Crippen LogP contribution in [0.1, 0.15) is 39.4 Å². The highest BCUT2D eigenvalue weighted by molar-refractivity contribution is 6.03. The number of nitrogens with zero attached hydrogens (tertiary/aromatic N) is 3. The number of pyridine rings is 1. The van der Waals surface area contributed by atoms with Gasteiger partial charge in [0.1, 0.15) is 11.4 Å². The molecular weight excluding hydrogens is 372 g/mol. The van der Waals surface area contributed by atoms with Gasteiger partial charge < -0.3 is 19.7 Å². The van der Waals surface area contributed by atoms with E-state index in [1.807, 2.05) is 6.07 Å². The van der Waals surface area contributed by atoms with Gasteiger partial charge in [0, 0.05) is 31.6 Å². The molecule has 148 valence electrons. The molecule has 0 aliphatic carbocycles. The molecule has 2 aromatic rings. The lowest BCUT2D eigenvalue weighted by Gasteiger charge is -2.37. The quantitative estimate of drug-likeness (QED) is 0.859. The van der Waals surface area contributed by atoms with Crippen molar-refractivity contribution in [3.05, 3.63) is 59.4 Å². The number of benzene rings is 1. The van der Waals surface area contributed by atoms with Crippen LogP contribution in [0.5, 0.6) is 0 Å². The zero-order chi connectivity index (χ0) is 20.3. The highest BCUT2D eigenvalue weighted by Crippen LogP contribution is 2.31. The zero-order valence-electron chi connectivity index (χ0n) is 15.8. The largest absolute Gasteiger partial charge is 0.347 e. The van der Waals surface area contributed by atoms with Gasteiger partial charge in [-0.3, -0.25) is 9.59 Å². The van der Waals surface area contributed by atoms with Crippen molar-refractivity contribution < 1.29 is 19.1 Å². The summed E-state index contributed by atoms with van der Waals surface area (Å²) in [5.41, 5.74) is 1.28. The van der Waals surface area contributed by atoms with E-state index in [0.717, 1.165) is 0 Å². The predicted molar refractivity (Wildman–Crippen MR) is 103 cm³/mol. The molecule has 1 aromatic heterocycles. The molecule has 2 aliphatic rings. The maximum atomic E-state index is 12.8. The Kier molecular flexibility index (Phi) is 5.25. The molecule has 1 N–H and O–H groups in total. The third-order valence-electron chi connectivity index (χ3n) is 5.08. The summed E-state index contributed by atoms with van der Waals surface area (Å²) in [5.74, 6) is -1.22. The zero-order valence-corrected chi connectivity index (χ0v) is 15.8. The Labute approximate surface area is 168 Å². The summed E-state index contributed by atoms with van der Waals surface area (Å²) in [7, 11) is 0. The van der Waals surface area contributed by atoms with Gasteiger partial charge in [0.25, 0.3) is 11.8 Å². The van der Waals surface area contributed by atoms with Crippen molar-refractivity contribution in [2.24, 2.45) is 0 Å². The Morgan fingerprint density at radius 1 is 1.07 bits per heavy atom. The molecule has 1 spiro atoms. The van der Waals surface area contributed by atoms with Gasteiger partial charge in [-0.2, -0.15) is 5.26 Å². The highest BCUT2D eigenvalue weighted by Gasteiger charge is 2.41. The molecule has 3 heterocycles. The molecule has 2 aliphatic heterocycles. The number of nitriles is 1. The van der Waals surface area contributed by atoms with E-state index < -0.39 is 11.7 Å². The summed E-state index contributed by atoms with van der Waals surface area (Å²) < 4.78 is 11.4. The van der Waals surface area contributed by atoms with Crippen LogP contribution in [0.3, 0.4) is 0 Å².